The number of rotatable bonds is 2. The van der Waals surface area contributed by atoms with Crippen molar-refractivity contribution in [3.05, 3.63) is 35.8 Å². The van der Waals surface area contributed by atoms with Gasteiger partial charge in [-0.3, -0.25) is 9.78 Å². The second-order valence-electron chi connectivity index (χ2n) is 8.72. The fourth-order valence-corrected chi connectivity index (χ4v) is 4.85. The third-order valence-corrected chi connectivity index (χ3v) is 6.33. The predicted molar refractivity (Wildman–Crippen MR) is 109 cm³/mol. The number of benzene rings is 1. The maximum absolute atomic E-state index is 13.9. The minimum Gasteiger partial charge on any atom is -0.388 e. The van der Waals surface area contributed by atoms with Crippen LogP contribution in [0, 0.1) is 12.7 Å². The first-order valence-electron chi connectivity index (χ1n) is 10.1. The molecule has 4 rings (SSSR count). The number of carbonyl (C=O) groups excluding carboxylic acids is 1. The zero-order valence-corrected chi connectivity index (χ0v) is 17.2. The van der Waals surface area contributed by atoms with Gasteiger partial charge in [0.25, 0.3) is 0 Å². The Balaban J connectivity index is 1.56. The Kier molecular flexibility index (Phi) is 4.99. The lowest BCUT2D eigenvalue weighted by molar-refractivity contribution is -0.172. The molecule has 2 aliphatic rings. The standard InChI is InChI=1S/C22H28FN3O3/c1-14-10-19(17-11-16(23)4-5-18(17)24-14)26-8-6-22(7-9-26)13-21(3,25-15(2)27)20(28)12-29-22/h4-5,10-11,20,28H,6-9,12-13H2,1-3H3,(H,25,27)/t20-,21-/m1/s1. The van der Waals surface area contributed by atoms with E-state index in [2.05, 4.69) is 15.2 Å². The maximum atomic E-state index is 13.9. The van der Waals surface area contributed by atoms with E-state index in [1.807, 2.05) is 19.9 Å². The molecule has 2 aliphatic heterocycles. The Morgan fingerprint density at radius 1 is 1.34 bits per heavy atom. The minimum absolute atomic E-state index is 0.151. The number of hydrogen-bond donors (Lipinski definition) is 2. The van der Waals surface area contributed by atoms with Crippen LogP contribution < -0.4 is 10.2 Å². The van der Waals surface area contributed by atoms with E-state index in [1.54, 1.807) is 12.1 Å². The van der Waals surface area contributed by atoms with E-state index in [0.717, 1.165) is 48.2 Å². The van der Waals surface area contributed by atoms with Crippen LogP contribution in [0.2, 0.25) is 0 Å². The fourth-order valence-electron chi connectivity index (χ4n) is 4.85. The van der Waals surface area contributed by atoms with Gasteiger partial charge in [0.05, 0.1) is 23.3 Å². The van der Waals surface area contributed by atoms with Crippen LogP contribution in [0.1, 0.15) is 38.8 Å². The molecule has 1 amide bonds. The number of amides is 1. The number of aliphatic hydroxyl groups is 1. The van der Waals surface area contributed by atoms with Gasteiger partial charge in [0, 0.05) is 43.2 Å². The average Bonchev–Trinajstić information content (AvgIpc) is 2.65. The molecule has 156 valence electrons. The molecule has 1 spiro atoms. The van der Waals surface area contributed by atoms with Crippen LogP contribution in [0.25, 0.3) is 10.9 Å². The molecule has 2 aromatic rings. The molecular weight excluding hydrogens is 373 g/mol. The summed E-state index contributed by atoms with van der Waals surface area (Å²) in [6.07, 6.45) is 1.38. The Labute approximate surface area is 170 Å². The first-order valence-corrected chi connectivity index (χ1v) is 10.1. The van der Waals surface area contributed by atoms with Gasteiger partial charge in [0.15, 0.2) is 0 Å². The van der Waals surface area contributed by atoms with Crippen LogP contribution in [0.3, 0.4) is 0 Å². The molecule has 29 heavy (non-hydrogen) atoms. The molecule has 0 aliphatic carbocycles. The number of aliphatic hydroxyl groups excluding tert-OH is 1. The van der Waals surface area contributed by atoms with Crippen LogP contribution in [0.5, 0.6) is 0 Å². The summed E-state index contributed by atoms with van der Waals surface area (Å²) in [6.45, 7) is 7.01. The van der Waals surface area contributed by atoms with Crippen molar-refractivity contribution in [1.82, 2.24) is 10.3 Å². The smallest absolute Gasteiger partial charge is 0.217 e. The van der Waals surface area contributed by atoms with Gasteiger partial charge >= 0.3 is 0 Å². The third kappa shape index (κ3) is 3.81. The molecule has 2 N–H and O–H groups in total. The van der Waals surface area contributed by atoms with E-state index in [-0.39, 0.29) is 23.9 Å². The maximum Gasteiger partial charge on any atom is 0.217 e. The summed E-state index contributed by atoms with van der Waals surface area (Å²) in [5, 5.41) is 14.1. The second kappa shape index (κ2) is 7.22. The molecule has 6 nitrogen and oxygen atoms in total. The minimum atomic E-state index is -0.732. The highest BCUT2D eigenvalue weighted by molar-refractivity contribution is 5.92. The van der Waals surface area contributed by atoms with E-state index < -0.39 is 11.6 Å². The highest BCUT2D eigenvalue weighted by Gasteiger charge is 2.50. The number of nitrogens with one attached hydrogen (secondary N) is 1. The molecule has 0 radical (unpaired) electrons. The summed E-state index contributed by atoms with van der Waals surface area (Å²) in [6, 6.07) is 6.71. The number of aromatic nitrogens is 1. The molecule has 7 heteroatoms. The number of halogens is 1. The molecule has 2 atom stereocenters. The number of piperidine rings is 1. The number of carbonyl (C=O) groups is 1. The Morgan fingerprint density at radius 3 is 2.76 bits per heavy atom. The van der Waals surface area contributed by atoms with Gasteiger partial charge in [0.2, 0.25) is 5.91 Å². The summed E-state index contributed by atoms with van der Waals surface area (Å²) in [5.74, 6) is -0.421. The summed E-state index contributed by atoms with van der Waals surface area (Å²) in [4.78, 5) is 18.4. The van der Waals surface area contributed by atoms with Crippen molar-refractivity contribution >= 4 is 22.5 Å². The zero-order chi connectivity index (χ0) is 20.8. The third-order valence-electron chi connectivity index (χ3n) is 6.33. The van der Waals surface area contributed by atoms with Gasteiger partial charge in [-0.1, -0.05) is 0 Å². The summed E-state index contributed by atoms with van der Waals surface area (Å²) >= 11 is 0. The number of aryl methyl sites for hydroxylation is 1. The van der Waals surface area contributed by atoms with Crippen LogP contribution >= 0.6 is 0 Å². The normalized spacial score (nSPS) is 26.7. The van der Waals surface area contributed by atoms with E-state index in [1.165, 1.54) is 13.0 Å². The second-order valence-corrected chi connectivity index (χ2v) is 8.72. The lowest BCUT2D eigenvalue weighted by Crippen LogP contribution is -2.65. The van der Waals surface area contributed by atoms with Gasteiger partial charge in [-0.25, -0.2) is 4.39 Å². The van der Waals surface area contributed by atoms with Crippen LogP contribution in [0.15, 0.2) is 24.3 Å². The van der Waals surface area contributed by atoms with Gasteiger partial charge in [-0.15, -0.1) is 0 Å². The van der Waals surface area contributed by atoms with Gasteiger partial charge in [-0.2, -0.15) is 0 Å². The molecule has 2 saturated heterocycles. The van der Waals surface area contributed by atoms with Crippen molar-refractivity contribution in [2.45, 2.75) is 57.3 Å². The Bertz CT molecular complexity index is 942. The van der Waals surface area contributed by atoms with Crippen molar-refractivity contribution in [1.29, 1.82) is 0 Å². The van der Waals surface area contributed by atoms with Crippen LogP contribution in [-0.2, 0) is 9.53 Å². The summed E-state index contributed by atoms with van der Waals surface area (Å²) in [7, 11) is 0. The van der Waals surface area contributed by atoms with E-state index in [0.29, 0.717) is 6.42 Å². The average molecular weight is 401 g/mol. The molecule has 2 fully saturated rings. The molecule has 0 bridgehead atoms. The lowest BCUT2D eigenvalue weighted by atomic mass is 9.74. The van der Waals surface area contributed by atoms with E-state index in [4.69, 9.17) is 4.74 Å². The van der Waals surface area contributed by atoms with Crippen LogP contribution in [0.4, 0.5) is 10.1 Å². The number of ether oxygens (including phenoxy) is 1. The van der Waals surface area contributed by atoms with Crippen molar-refractivity contribution in [2.24, 2.45) is 0 Å². The van der Waals surface area contributed by atoms with Crippen LogP contribution in [-0.4, -0.2) is 52.9 Å². The van der Waals surface area contributed by atoms with Crippen molar-refractivity contribution in [2.75, 3.05) is 24.6 Å². The largest absolute Gasteiger partial charge is 0.388 e. The number of anilines is 1. The summed E-state index contributed by atoms with van der Waals surface area (Å²) < 4.78 is 20.0. The van der Waals surface area contributed by atoms with Crippen molar-refractivity contribution < 1.29 is 19.0 Å². The van der Waals surface area contributed by atoms with Crippen molar-refractivity contribution in [3.8, 4) is 0 Å². The molecule has 0 unspecified atom stereocenters. The van der Waals surface area contributed by atoms with Crippen molar-refractivity contribution in [3.63, 3.8) is 0 Å². The molecule has 3 heterocycles. The topological polar surface area (TPSA) is 74.7 Å². The number of fused-ring (bicyclic) bond motifs is 1. The number of hydrogen-bond acceptors (Lipinski definition) is 5. The number of nitrogens with zero attached hydrogens (tertiary/aromatic N) is 2. The monoisotopic (exact) mass is 401 g/mol. The lowest BCUT2D eigenvalue weighted by Gasteiger charge is -2.52. The van der Waals surface area contributed by atoms with Gasteiger partial charge < -0.3 is 20.1 Å². The van der Waals surface area contributed by atoms with E-state index >= 15 is 0 Å². The number of pyridine rings is 1. The Morgan fingerprint density at radius 2 is 2.07 bits per heavy atom. The summed E-state index contributed by atoms with van der Waals surface area (Å²) in [5.41, 5.74) is 1.60. The SMILES string of the molecule is CC(=O)N[C@]1(C)CC2(CCN(c3cc(C)nc4ccc(F)cc34)CC2)OC[C@H]1O. The molecule has 1 aromatic heterocycles. The molecular formula is C22H28FN3O3. The molecule has 1 aromatic carbocycles. The highest BCUT2D eigenvalue weighted by Crippen LogP contribution is 2.41. The highest BCUT2D eigenvalue weighted by atomic mass is 19.1. The first kappa shape index (κ1) is 20.0. The molecule has 0 saturated carbocycles. The first-order chi connectivity index (χ1) is 13.7. The fraction of sp³-hybridized carbons (Fsp3) is 0.545. The zero-order valence-electron chi connectivity index (χ0n) is 17.2. The Hall–Kier alpha value is -2.25. The quantitative estimate of drug-likeness (QED) is 0.809. The van der Waals surface area contributed by atoms with E-state index in [9.17, 15) is 14.3 Å². The van der Waals surface area contributed by atoms with Gasteiger partial charge in [-0.05, 0) is 51.0 Å². The van der Waals surface area contributed by atoms with Gasteiger partial charge in [0.1, 0.15) is 11.9 Å². The predicted octanol–water partition coefficient (Wildman–Crippen LogP) is 2.70.